The molecule has 0 spiro atoms. The molecule has 82 valence electrons. The molecule has 0 saturated carbocycles. The fourth-order valence-corrected chi connectivity index (χ4v) is 2.12. The van der Waals surface area contributed by atoms with E-state index in [2.05, 4.69) is 4.90 Å². The van der Waals surface area contributed by atoms with Crippen molar-refractivity contribution in [1.82, 2.24) is 4.90 Å². The van der Waals surface area contributed by atoms with Crippen molar-refractivity contribution in [3.05, 3.63) is 35.6 Å². The number of piperidine rings is 1. The first-order chi connectivity index (χ1) is 7.25. The van der Waals surface area contributed by atoms with Crippen LogP contribution in [0.15, 0.2) is 24.3 Å². The standard InChI is InChI=1S/C12H15ClFN/c13-11-5-7-15(8-6-11)9-10-3-1-2-4-12(10)14/h1-4,11H,5-9H2. The van der Waals surface area contributed by atoms with E-state index >= 15 is 0 Å². The summed E-state index contributed by atoms with van der Waals surface area (Å²) in [6.45, 7) is 2.65. The van der Waals surface area contributed by atoms with E-state index < -0.39 is 0 Å². The predicted octanol–water partition coefficient (Wildman–Crippen LogP) is 3.03. The Bertz CT molecular complexity index is 321. The van der Waals surface area contributed by atoms with E-state index in [1.807, 2.05) is 12.1 Å². The van der Waals surface area contributed by atoms with Crippen molar-refractivity contribution in [3.8, 4) is 0 Å². The first-order valence-electron chi connectivity index (χ1n) is 5.35. The molecule has 1 aliphatic rings. The maximum Gasteiger partial charge on any atom is 0.127 e. The highest BCUT2D eigenvalue weighted by molar-refractivity contribution is 6.20. The van der Waals surface area contributed by atoms with Crippen molar-refractivity contribution in [2.24, 2.45) is 0 Å². The van der Waals surface area contributed by atoms with Crippen molar-refractivity contribution in [2.45, 2.75) is 24.8 Å². The van der Waals surface area contributed by atoms with Gasteiger partial charge < -0.3 is 0 Å². The highest BCUT2D eigenvalue weighted by Gasteiger charge is 2.17. The molecule has 2 rings (SSSR count). The molecule has 0 amide bonds. The molecule has 0 aliphatic carbocycles. The van der Waals surface area contributed by atoms with Crippen LogP contribution in [0.25, 0.3) is 0 Å². The lowest BCUT2D eigenvalue weighted by Gasteiger charge is -2.29. The van der Waals surface area contributed by atoms with Crippen molar-refractivity contribution < 1.29 is 4.39 Å². The third kappa shape index (κ3) is 2.93. The monoisotopic (exact) mass is 227 g/mol. The molecule has 1 aromatic carbocycles. The molecule has 1 aliphatic heterocycles. The number of hydrogen-bond donors (Lipinski definition) is 0. The molecule has 0 bridgehead atoms. The summed E-state index contributed by atoms with van der Waals surface area (Å²) in [6, 6.07) is 6.97. The normalized spacial score (nSPS) is 19.3. The van der Waals surface area contributed by atoms with Crippen molar-refractivity contribution >= 4 is 11.6 Å². The molecule has 3 heteroatoms. The quantitative estimate of drug-likeness (QED) is 0.702. The predicted molar refractivity (Wildman–Crippen MR) is 60.6 cm³/mol. The molecule has 0 unspecified atom stereocenters. The Kier molecular flexibility index (Phi) is 3.60. The first-order valence-corrected chi connectivity index (χ1v) is 5.79. The number of likely N-dealkylation sites (tertiary alicyclic amines) is 1. The van der Waals surface area contributed by atoms with E-state index in [0.29, 0.717) is 11.9 Å². The molecule has 0 N–H and O–H groups in total. The van der Waals surface area contributed by atoms with Crippen molar-refractivity contribution in [3.63, 3.8) is 0 Å². The largest absolute Gasteiger partial charge is 0.299 e. The third-order valence-electron chi connectivity index (χ3n) is 2.87. The summed E-state index contributed by atoms with van der Waals surface area (Å²) in [5.74, 6) is -0.106. The maximum atomic E-state index is 13.4. The zero-order valence-electron chi connectivity index (χ0n) is 8.63. The fourth-order valence-electron chi connectivity index (χ4n) is 1.93. The minimum Gasteiger partial charge on any atom is -0.299 e. The molecule has 0 radical (unpaired) electrons. The van der Waals surface area contributed by atoms with Crippen molar-refractivity contribution in [2.75, 3.05) is 13.1 Å². The number of nitrogens with zero attached hydrogens (tertiary/aromatic N) is 1. The molecular formula is C12H15ClFN. The molecule has 1 aromatic rings. The van der Waals surface area contributed by atoms with Gasteiger partial charge in [-0.05, 0) is 32.0 Å². The molecule has 0 atom stereocenters. The smallest absolute Gasteiger partial charge is 0.127 e. The van der Waals surface area contributed by atoms with Crippen LogP contribution < -0.4 is 0 Å². The van der Waals surface area contributed by atoms with Gasteiger partial charge >= 0.3 is 0 Å². The number of alkyl halides is 1. The zero-order valence-corrected chi connectivity index (χ0v) is 9.38. The molecular weight excluding hydrogens is 213 g/mol. The minimum atomic E-state index is -0.106. The zero-order chi connectivity index (χ0) is 10.7. The Labute approximate surface area is 94.8 Å². The summed E-state index contributed by atoms with van der Waals surface area (Å²) >= 11 is 6.02. The van der Waals surface area contributed by atoms with Crippen LogP contribution in [0.4, 0.5) is 4.39 Å². The highest BCUT2D eigenvalue weighted by atomic mass is 35.5. The van der Waals surface area contributed by atoms with Crippen LogP contribution >= 0.6 is 11.6 Å². The van der Waals surface area contributed by atoms with Gasteiger partial charge in [-0.15, -0.1) is 11.6 Å². The van der Waals surface area contributed by atoms with E-state index in [1.54, 1.807) is 6.07 Å². The highest BCUT2D eigenvalue weighted by Crippen LogP contribution is 2.18. The van der Waals surface area contributed by atoms with E-state index in [4.69, 9.17) is 11.6 Å². The van der Waals surface area contributed by atoms with Crippen LogP contribution in [0.3, 0.4) is 0 Å². The van der Waals surface area contributed by atoms with Crippen LogP contribution in [0.1, 0.15) is 18.4 Å². The Morgan fingerprint density at radius 1 is 1.27 bits per heavy atom. The second-order valence-electron chi connectivity index (χ2n) is 4.04. The molecule has 0 aromatic heterocycles. The van der Waals surface area contributed by atoms with Gasteiger partial charge in [-0.25, -0.2) is 4.39 Å². The summed E-state index contributed by atoms with van der Waals surface area (Å²) in [6.07, 6.45) is 2.02. The van der Waals surface area contributed by atoms with E-state index in [9.17, 15) is 4.39 Å². The maximum absolute atomic E-state index is 13.4. The lowest BCUT2D eigenvalue weighted by Crippen LogP contribution is -2.33. The Morgan fingerprint density at radius 3 is 2.60 bits per heavy atom. The lowest BCUT2D eigenvalue weighted by molar-refractivity contribution is 0.220. The van der Waals surface area contributed by atoms with Crippen molar-refractivity contribution in [1.29, 1.82) is 0 Å². The summed E-state index contributed by atoms with van der Waals surface area (Å²) in [4.78, 5) is 2.26. The molecule has 1 saturated heterocycles. The van der Waals surface area contributed by atoms with E-state index in [0.717, 1.165) is 31.5 Å². The third-order valence-corrected chi connectivity index (χ3v) is 3.31. The van der Waals surface area contributed by atoms with Gasteiger partial charge in [0.15, 0.2) is 0 Å². The van der Waals surface area contributed by atoms with Crippen LogP contribution in [0.2, 0.25) is 0 Å². The molecule has 15 heavy (non-hydrogen) atoms. The fraction of sp³-hybridized carbons (Fsp3) is 0.500. The second-order valence-corrected chi connectivity index (χ2v) is 4.66. The van der Waals surface area contributed by atoms with Gasteiger partial charge in [0.1, 0.15) is 5.82 Å². The SMILES string of the molecule is Fc1ccccc1CN1CCC(Cl)CC1. The number of rotatable bonds is 2. The van der Waals surface area contributed by atoms with E-state index in [-0.39, 0.29) is 5.82 Å². The van der Waals surface area contributed by atoms with Crippen LogP contribution in [-0.2, 0) is 6.54 Å². The summed E-state index contributed by atoms with van der Waals surface area (Å²) < 4.78 is 13.4. The van der Waals surface area contributed by atoms with Crippen LogP contribution in [0, 0.1) is 5.82 Å². The molecule has 1 heterocycles. The van der Waals surface area contributed by atoms with Crippen LogP contribution in [-0.4, -0.2) is 23.4 Å². The minimum absolute atomic E-state index is 0.106. The molecule has 1 nitrogen and oxygen atoms in total. The lowest BCUT2D eigenvalue weighted by atomic mass is 10.1. The summed E-state index contributed by atoms with van der Waals surface area (Å²) in [5, 5.41) is 0.307. The average Bonchev–Trinajstić information content (AvgIpc) is 2.25. The van der Waals surface area contributed by atoms with E-state index in [1.165, 1.54) is 6.07 Å². The Morgan fingerprint density at radius 2 is 1.93 bits per heavy atom. The van der Waals surface area contributed by atoms with Crippen LogP contribution in [0.5, 0.6) is 0 Å². The number of halogens is 2. The summed E-state index contributed by atoms with van der Waals surface area (Å²) in [5.41, 5.74) is 0.783. The van der Waals surface area contributed by atoms with Gasteiger partial charge in [-0.3, -0.25) is 4.90 Å². The number of hydrogen-bond acceptors (Lipinski definition) is 1. The Balaban J connectivity index is 1.95. The van der Waals surface area contributed by atoms with Gasteiger partial charge in [0, 0.05) is 17.5 Å². The van der Waals surface area contributed by atoms with Gasteiger partial charge in [-0.2, -0.15) is 0 Å². The van der Waals surface area contributed by atoms with Gasteiger partial charge in [0.05, 0.1) is 0 Å². The average molecular weight is 228 g/mol. The molecule has 1 fully saturated rings. The second kappa shape index (κ2) is 4.95. The van der Waals surface area contributed by atoms with Gasteiger partial charge in [0.25, 0.3) is 0 Å². The number of benzene rings is 1. The Hall–Kier alpha value is -0.600. The first kappa shape index (κ1) is 10.9. The topological polar surface area (TPSA) is 3.24 Å². The summed E-state index contributed by atoms with van der Waals surface area (Å²) in [7, 11) is 0. The van der Waals surface area contributed by atoms with Gasteiger partial charge in [0.2, 0.25) is 0 Å². The van der Waals surface area contributed by atoms with Gasteiger partial charge in [-0.1, -0.05) is 18.2 Å².